The number of nitrogens with one attached hydrogen (secondary N) is 1. The summed E-state index contributed by atoms with van der Waals surface area (Å²) in [5, 5.41) is 3.06. The Morgan fingerprint density at radius 1 is 1.40 bits per heavy atom. The van der Waals surface area contributed by atoms with Gasteiger partial charge in [0.1, 0.15) is 5.60 Å². The summed E-state index contributed by atoms with van der Waals surface area (Å²) in [7, 11) is 0. The molecule has 7 heteroatoms. The predicted molar refractivity (Wildman–Crippen MR) is 113 cm³/mol. The zero-order chi connectivity index (χ0) is 17.7. The largest absolute Gasteiger partial charge is 0.444 e. The summed E-state index contributed by atoms with van der Waals surface area (Å²) in [5.41, 5.74) is 7.48. The minimum atomic E-state index is -0.487. The standard InChI is InChI=1S/C18H28N4O2.HI/c1-13-6-5-7-14(12-13)21-16(19)20-10-11-22(15-8-9-15)17(23)24-18(2,3)4;/h5-7,12,15H,8-11H2,1-4H3,(H3,19,20,21);1H. The van der Waals surface area contributed by atoms with Gasteiger partial charge in [-0.2, -0.15) is 0 Å². The maximum absolute atomic E-state index is 12.3. The van der Waals surface area contributed by atoms with Gasteiger partial charge in [-0.25, -0.2) is 4.79 Å². The molecule has 0 saturated heterocycles. The number of aryl methyl sites for hydroxylation is 1. The molecule has 3 N–H and O–H groups in total. The van der Waals surface area contributed by atoms with E-state index in [4.69, 9.17) is 10.5 Å². The number of carbonyl (C=O) groups excluding carboxylic acids is 1. The van der Waals surface area contributed by atoms with Crippen LogP contribution < -0.4 is 11.1 Å². The number of carbonyl (C=O) groups is 1. The van der Waals surface area contributed by atoms with E-state index in [1.54, 1.807) is 4.90 Å². The van der Waals surface area contributed by atoms with Crippen molar-refractivity contribution in [1.29, 1.82) is 0 Å². The number of guanidine groups is 1. The Balaban J connectivity index is 0.00000312. The van der Waals surface area contributed by atoms with Crippen LogP contribution in [0.25, 0.3) is 0 Å². The molecule has 2 rings (SSSR count). The van der Waals surface area contributed by atoms with Crippen molar-refractivity contribution in [3.05, 3.63) is 29.8 Å². The van der Waals surface area contributed by atoms with Gasteiger partial charge in [0.15, 0.2) is 5.96 Å². The molecular formula is C18H29IN4O2. The van der Waals surface area contributed by atoms with Gasteiger partial charge in [0, 0.05) is 18.3 Å². The van der Waals surface area contributed by atoms with E-state index in [1.165, 1.54) is 0 Å². The van der Waals surface area contributed by atoms with Gasteiger partial charge in [0.05, 0.1) is 6.54 Å². The molecule has 0 aliphatic heterocycles. The smallest absolute Gasteiger partial charge is 0.410 e. The number of anilines is 1. The predicted octanol–water partition coefficient (Wildman–Crippen LogP) is 3.74. The topological polar surface area (TPSA) is 80.0 Å². The maximum atomic E-state index is 12.3. The Morgan fingerprint density at radius 2 is 2.08 bits per heavy atom. The van der Waals surface area contributed by atoms with Gasteiger partial charge >= 0.3 is 6.09 Å². The molecule has 25 heavy (non-hydrogen) atoms. The summed E-state index contributed by atoms with van der Waals surface area (Å²) < 4.78 is 5.46. The molecule has 1 saturated carbocycles. The summed E-state index contributed by atoms with van der Waals surface area (Å²) in [5.74, 6) is 0.348. The van der Waals surface area contributed by atoms with Crippen LogP contribution in [0.1, 0.15) is 39.2 Å². The quantitative estimate of drug-likeness (QED) is 0.399. The van der Waals surface area contributed by atoms with Crippen LogP contribution in [0.5, 0.6) is 0 Å². The highest BCUT2D eigenvalue weighted by Crippen LogP contribution is 2.28. The van der Waals surface area contributed by atoms with E-state index in [2.05, 4.69) is 10.3 Å². The Hall–Kier alpha value is -1.51. The second kappa shape index (κ2) is 9.26. The van der Waals surface area contributed by atoms with Crippen LogP contribution in [0.15, 0.2) is 29.3 Å². The molecule has 140 valence electrons. The fourth-order valence-corrected chi connectivity index (χ4v) is 2.32. The average molecular weight is 460 g/mol. The van der Waals surface area contributed by atoms with E-state index in [1.807, 2.05) is 52.0 Å². The third kappa shape index (κ3) is 7.94. The molecule has 0 spiro atoms. The molecule has 0 aromatic heterocycles. The van der Waals surface area contributed by atoms with Gasteiger partial charge in [0.2, 0.25) is 0 Å². The number of hydrogen-bond donors (Lipinski definition) is 2. The van der Waals surface area contributed by atoms with Gasteiger partial charge in [0.25, 0.3) is 0 Å². The molecule has 0 atom stereocenters. The van der Waals surface area contributed by atoms with Gasteiger partial charge < -0.3 is 20.7 Å². The van der Waals surface area contributed by atoms with Crippen LogP contribution in [0, 0.1) is 6.92 Å². The molecule has 1 aliphatic rings. The number of benzene rings is 1. The Kier molecular flexibility index (Phi) is 7.98. The van der Waals surface area contributed by atoms with Crippen LogP contribution in [0.3, 0.4) is 0 Å². The van der Waals surface area contributed by atoms with Crippen molar-refractivity contribution in [1.82, 2.24) is 4.90 Å². The van der Waals surface area contributed by atoms with E-state index in [0.29, 0.717) is 19.0 Å². The zero-order valence-electron chi connectivity index (χ0n) is 15.4. The van der Waals surface area contributed by atoms with E-state index in [0.717, 1.165) is 24.1 Å². The summed E-state index contributed by atoms with van der Waals surface area (Å²) in [6, 6.07) is 8.20. The second-order valence-electron chi connectivity index (χ2n) is 7.17. The number of rotatable bonds is 5. The average Bonchev–Trinajstić information content (AvgIpc) is 3.26. The lowest BCUT2D eigenvalue weighted by Crippen LogP contribution is -2.40. The summed E-state index contributed by atoms with van der Waals surface area (Å²) in [4.78, 5) is 18.3. The lowest BCUT2D eigenvalue weighted by Gasteiger charge is -2.27. The molecule has 0 radical (unpaired) electrons. The minimum absolute atomic E-state index is 0. The SMILES string of the molecule is Cc1cccc(NC(N)=NCCN(C(=O)OC(C)(C)C)C2CC2)c1.I. The van der Waals surface area contributed by atoms with Crippen molar-refractivity contribution in [3.63, 3.8) is 0 Å². The van der Waals surface area contributed by atoms with Crippen molar-refractivity contribution in [3.8, 4) is 0 Å². The number of nitrogens with zero attached hydrogens (tertiary/aromatic N) is 2. The third-order valence-corrected chi connectivity index (χ3v) is 3.53. The van der Waals surface area contributed by atoms with E-state index in [9.17, 15) is 4.79 Å². The summed E-state index contributed by atoms with van der Waals surface area (Å²) in [6.45, 7) is 8.59. The highest BCUT2D eigenvalue weighted by Gasteiger charge is 2.34. The first-order chi connectivity index (χ1) is 11.2. The first-order valence-corrected chi connectivity index (χ1v) is 8.38. The lowest BCUT2D eigenvalue weighted by molar-refractivity contribution is 0.0240. The van der Waals surface area contributed by atoms with E-state index < -0.39 is 5.60 Å². The van der Waals surface area contributed by atoms with Crippen LogP contribution in [-0.2, 0) is 4.74 Å². The molecule has 6 nitrogen and oxygen atoms in total. The minimum Gasteiger partial charge on any atom is -0.444 e. The van der Waals surface area contributed by atoms with Gasteiger partial charge in [-0.15, -0.1) is 24.0 Å². The lowest BCUT2D eigenvalue weighted by atomic mass is 10.2. The van der Waals surface area contributed by atoms with Crippen molar-refractivity contribution < 1.29 is 9.53 Å². The Bertz CT molecular complexity index is 609. The van der Waals surface area contributed by atoms with Crippen molar-refractivity contribution >= 4 is 41.7 Å². The number of nitrogens with two attached hydrogens (primary N) is 1. The van der Waals surface area contributed by atoms with Crippen LogP contribution in [0.2, 0.25) is 0 Å². The van der Waals surface area contributed by atoms with E-state index in [-0.39, 0.29) is 36.1 Å². The highest BCUT2D eigenvalue weighted by molar-refractivity contribution is 14.0. The second-order valence-corrected chi connectivity index (χ2v) is 7.17. The third-order valence-electron chi connectivity index (χ3n) is 3.53. The number of hydrogen-bond acceptors (Lipinski definition) is 3. The molecular weight excluding hydrogens is 431 g/mol. The van der Waals surface area contributed by atoms with Gasteiger partial charge in [-0.1, -0.05) is 12.1 Å². The van der Waals surface area contributed by atoms with Crippen molar-refractivity contribution in [2.75, 3.05) is 18.4 Å². The normalized spacial score (nSPS) is 14.5. The molecule has 1 amide bonds. The van der Waals surface area contributed by atoms with E-state index >= 15 is 0 Å². The molecule has 0 unspecified atom stereocenters. The Labute approximate surface area is 167 Å². The van der Waals surface area contributed by atoms with Crippen molar-refractivity contribution in [2.45, 2.75) is 52.2 Å². The van der Waals surface area contributed by atoms with Crippen LogP contribution in [-0.4, -0.2) is 41.7 Å². The summed E-state index contributed by atoms with van der Waals surface area (Å²) >= 11 is 0. The van der Waals surface area contributed by atoms with Crippen LogP contribution >= 0.6 is 24.0 Å². The number of halogens is 1. The number of ether oxygens (including phenoxy) is 1. The van der Waals surface area contributed by atoms with Gasteiger partial charge in [-0.05, 0) is 58.2 Å². The number of aliphatic imine (C=N–C) groups is 1. The van der Waals surface area contributed by atoms with Gasteiger partial charge in [-0.3, -0.25) is 4.99 Å². The molecule has 1 fully saturated rings. The highest BCUT2D eigenvalue weighted by atomic mass is 127. The summed E-state index contributed by atoms with van der Waals surface area (Å²) in [6.07, 6.45) is 1.78. The molecule has 1 aromatic rings. The molecule has 1 aromatic carbocycles. The zero-order valence-corrected chi connectivity index (χ0v) is 17.7. The fraction of sp³-hybridized carbons (Fsp3) is 0.556. The fourth-order valence-electron chi connectivity index (χ4n) is 2.32. The first kappa shape index (κ1) is 21.5. The molecule has 0 bridgehead atoms. The molecule has 0 heterocycles. The monoisotopic (exact) mass is 460 g/mol. The maximum Gasteiger partial charge on any atom is 0.410 e. The van der Waals surface area contributed by atoms with Crippen molar-refractivity contribution in [2.24, 2.45) is 10.7 Å². The number of amides is 1. The molecule has 1 aliphatic carbocycles. The van der Waals surface area contributed by atoms with Crippen LogP contribution in [0.4, 0.5) is 10.5 Å². The Morgan fingerprint density at radius 3 is 2.64 bits per heavy atom. The first-order valence-electron chi connectivity index (χ1n) is 8.38.